The fraction of sp³-hybridized carbons (Fsp3) is 0.846. The number of ether oxygens (including phenoxy) is 1. The molecule has 0 bridgehead atoms. The van der Waals surface area contributed by atoms with E-state index in [9.17, 15) is 9.59 Å². The van der Waals surface area contributed by atoms with Gasteiger partial charge in [-0.05, 0) is 18.8 Å². The van der Waals surface area contributed by atoms with Crippen molar-refractivity contribution in [2.75, 3.05) is 26.2 Å². The van der Waals surface area contributed by atoms with Gasteiger partial charge in [-0.1, -0.05) is 20.8 Å². The van der Waals surface area contributed by atoms with Gasteiger partial charge in [-0.25, -0.2) is 9.59 Å². The molecule has 2 amide bonds. The molecule has 1 fully saturated rings. The molecule has 0 spiro atoms. The maximum Gasteiger partial charge on any atom is 0.329 e. The van der Waals surface area contributed by atoms with Gasteiger partial charge in [0.1, 0.15) is 12.2 Å². The van der Waals surface area contributed by atoms with Gasteiger partial charge < -0.3 is 20.1 Å². The molecule has 1 aliphatic rings. The minimum atomic E-state index is -0.991. The third kappa shape index (κ3) is 5.46. The van der Waals surface area contributed by atoms with Crippen LogP contribution in [0.2, 0.25) is 0 Å². The number of rotatable bonds is 5. The Labute approximate surface area is 114 Å². The molecule has 2 N–H and O–H groups in total. The van der Waals surface area contributed by atoms with Crippen molar-refractivity contribution in [1.82, 2.24) is 10.2 Å². The number of carboxylic acid groups (broad SMARTS) is 1. The van der Waals surface area contributed by atoms with E-state index in [2.05, 4.69) is 26.1 Å². The SMILES string of the molecule is CC(C)(C)CCNC(=O)N1CC(C)(OCC(=O)O)C1. The van der Waals surface area contributed by atoms with Crippen molar-refractivity contribution in [2.24, 2.45) is 5.41 Å². The second-order valence-corrected chi connectivity index (χ2v) is 6.53. The van der Waals surface area contributed by atoms with Crippen LogP contribution in [0.3, 0.4) is 0 Å². The molecular formula is C13H24N2O4. The Hall–Kier alpha value is -1.30. The Balaban J connectivity index is 2.22. The average molecular weight is 272 g/mol. The van der Waals surface area contributed by atoms with E-state index < -0.39 is 11.6 Å². The summed E-state index contributed by atoms with van der Waals surface area (Å²) in [5, 5.41) is 11.4. The zero-order valence-corrected chi connectivity index (χ0v) is 12.2. The summed E-state index contributed by atoms with van der Waals surface area (Å²) in [6.45, 7) is 9.37. The highest BCUT2D eigenvalue weighted by Crippen LogP contribution is 2.24. The number of likely N-dealkylation sites (tertiary alicyclic amines) is 1. The summed E-state index contributed by atoms with van der Waals surface area (Å²) in [5.41, 5.74) is -0.332. The van der Waals surface area contributed by atoms with E-state index in [1.54, 1.807) is 4.90 Å². The molecule has 0 unspecified atom stereocenters. The van der Waals surface area contributed by atoms with Crippen LogP contribution in [-0.2, 0) is 9.53 Å². The highest BCUT2D eigenvalue weighted by atomic mass is 16.5. The van der Waals surface area contributed by atoms with E-state index in [0.29, 0.717) is 19.6 Å². The van der Waals surface area contributed by atoms with Gasteiger partial charge in [0, 0.05) is 6.54 Å². The van der Waals surface area contributed by atoms with E-state index in [1.807, 2.05) is 6.92 Å². The van der Waals surface area contributed by atoms with Crippen molar-refractivity contribution in [3.05, 3.63) is 0 Å². The third-order valence-electron chi connectivity index (χ3n) is 3.03. The van der Waals surface area contributed by atoms with E-state index in [-0.39, 0.29) is 18.1 Å². The first kappa shape index (κ1) is 15.8. The molecule has 6 heteroatoms. The molecule has 0 atom stereocenters. The highest BCUT2D eigenvalue weighted by Gasteiger charge is 2.42. The molecule has 6 nitrogen and oxygen atoms in total. The smallest absolute Gasteiger partial charge is 0.329 e. The fourth-order valence-corrected chi connectivity index (χ4v) is 1.89. The average Bonchev–Trinajstić information content (AvgIpc) is 2.20. The number of nitrogens with zero attached hydrogens (tertiary/aromatic N) is 1. The lowest BCUT2D eigenvalue weighted by Crippen LogP contribution is -2.65. The van der Waals surface area contributed by atoms with Gasteiger partial charge in [0.05, 0.1) is 13.1 Å². The minimum absolute atomic E-state index is 0.111. The van der Waals surface area contributed by atoms with Crippen molar-refractivity contribution < 1.29 is 19.4 Å². The van der Waals surface area contributed by atoms with E-state index >= 15 is 0 Å². The lowest BCUT2D eigenvalue weighted by Gasteiger charge is -2.47. The van der Waals surface area contributed by atoms with Crippen LogP contribution in [0.1, 0.15) is 34.1 Å². The number of hydrogen-bond donors (Lipinski definition) is 2. The predicted octanol–water partition coefficient (Wildman–Crippen LogP) is 1.31. The third-order valence-corrected chi connectivity index (χ3v) is 3.03. The van der Waals surface area contributed by atoms with Crippen molar-refractivity contribution in [3.8, 4) is 0 Å². The Kier molecular flexibility index (Phi) is 4.79. The lowest BCUT2D eigenvalue weighted by molar-refractivity contribution is -0.159. The summed E-state index contributed by atoms with van der Waals surface area (Å²) in [6.07, 6.45) is 0.916. The van der Waals surface area contributed by atoms with Gasteiger partial charge in [0.25, 0.3) is 0 Å². The van der Waals surface area contributed by atoms with Crippen LogP contribution >= 0.6 is 0 Å². The van der Waals surface area contributed by atoms with Crippen LogP contribution in [0.15, 0.2) is 0 Å². The number of amides is 2. The van der Waals surface area contributed by atoms with E-state index in [0.717, 1.165) is 6.42 Å². The molecule has 1 rings (SSSR count). The summed E-state index contributed by atoms with van der Waals surface area (Å²) in [7, 11) is 0. The first-order valence-electron chi connectivity index (χ1n) is 6.50. The number of carboxylic acids is 1. The maximum absolute atomic E-state index is 11.8. The highest BCUT2D eigenvalue weighted by molar-refractivity contribution is 5.75. The van der Waals surface area contributed by atoms with Gasteiger partial charge in [-0.2, -0.15) is 0 Å². The second kappa shape index (κ2) is 5.77. The minimum Gasteiger partial charge on any atom is -0.480 e. The topological polar surface area (TPSA) is 78.9 Å². The Bertz CT molecular complexity index is 343. The van der Waals surface area contributed by atoms with Gasteiger partial charge in [0.15, 0.2) is 0 Å². The zero-order chi connectivity index (χ0) is 14.7. The van der Waals surface area contributed by atoms with Gasteiger partial charge in [-0.3, -0.25) is 0 Å². The van der Waals surface area contributed by atoms with Crippen molar-refractivity contribution >= 4 is 12.0 Å². The Morgan fingerprint density at radius 3 is 2.42 bits per heavy atom. The molecule has 0 aliphatic carbocycles. The standard InChI is InChI=1S/C13H24N2O4/c1-12(2,3)5-6-14-11(18)15-8-13(4,9-15)19-7-10(16)17/h5-9H2,1-4H3,(H,14,18)(H,16,17). The number of hydrogen-bond acceptors (Lipinski definition) is 3. The lowest BCUT2D eigenvalue weighted by atomic mass is 9.92. The second-order valence-electron chi connectivity index (χ2n) is 6.53. The number of carbonyl (C=O) groups excluding carboxylic acids is 1. The summed E-state index contributed by atoms with van der Waals surface area (Å²) >= 11 is 0. The first-order valence-corrected chi connectivity index (χ1v) is 6.50. The van der Waals surface area contributed by atoms with Crippen LogP contribution in [0, 0.1) is 5.41 Å². The molecule has 0 aromatic heterocycles. The quantitative estimate of drug-likeness (QED) is 0.791. The Morgan fingerprint density at radius 1 is 1.37 bits per heavy atom. The largest absolute Gasteiger partial charge is 0.480 e. The Morgan fingerprint density at radius 2 is 1.95 bits per heavy atom. The fourth-order valence-electron chi connectivity index (χ4n) is 1.89. The molecule has 1 aliphatic heterocycles. The van der Waals surface area contributed by atoms with Crippen molar-refractivity contribution in [1.29, 1.82) is 0 Å². The summed E-state index contributed by atoms with van der Waals surface area (Å²) in [5.74, 6) is -0.991. The molecule has 0 saturated carbocycles. The predicted molar refractivity (Wildman–Crippen MR) is 71.0 cm³/mol. The monoisotopic (exact) mass is 272 g/mol. The van der Waals surface area contributed by atoms with Crippen LogP contribution < -0.4 is 5.32 Å². The molecule has 1 heterocycles. The first-order chi connectivity index (χ1) is 8.61. The van der Waals surface area contributed by atoms with Crippen LogP contribution in [-0.4, -0.2) is 53.8 Å². The van der Waals surface area contributed by atoms with Crippen molar-refractivity contribution in [3.63, 3.8) is 0 Å². The van der Waals surface area contributed by atoms with E-state index in [1.165, 1.54) is 0 Å². The van der Waals surface area contributed by atoms with Gasteiger partial charge >= 0.3 is 12.0 Å². The van der Waals surface area contributed by atoms with Crippen LogP contribution in [0.5, 0.6) is 0 Å². The number of urea groups is 1. The molecular weight excluding hydrogens is 248 g/mol. The van der Waals surface area contributed by atoms with E-state index in [4.69, 9.17) is 9.84 Å². The summed E-state index contributed by atoms with van der Waals surface area (Å²) in [4.78, 5) is 23.8. The normalized spacial score (nSPS) is 17.8. The molecule has 19 heavy (non-hydrogen) atoms. The number of aliphatic carboxylic acids is 1. The molecule has 0 radical (unpaired) electrons. The number of nitrogens with one attached hydrogen (secondary N) is 1. The number of carbonyl (C=O) groups is 2. The summed E-state index contributed by atoms with van der Waals surface area (Å²) < 4.78 is 5.24. The van der Waals surface area contributed by atoms with Crippen LogP contribution in [0.25, 0.3) is 0 Å². The maximum atomic E-state index is 11.8. The van der Waals surface area contributed by atoms with Crippen molar-refractivity contribution in [2.45, 2.75) is 39.7 Å². The van der Waals surface area contributed by atoms with Gasteiger partial charge in [0.2, 0.25) is 0 Å². The molecule has 110 valence electrons. The molecule has 1 saturated heterocycles. The molecule has 0 aromatic carbocycles. The summed E-state index contributed by atoms with van der Waals surface area (Å²) in [6, 6.07) is -0.111. The van der Waals surface area contributed by atoms with Gasteiger partial charge in [-0.15, -0.1) is 0 Å². The molecule has 0 aromatic rings. The zero-order valence-electron chi connectivity index (χ0n) is 12.2. The van der Waals surface area contributed by atoms with Crippen LogP contribution in [0.4, 0.5) is 4.79 Å².